The van der Waals surface area contributed by atoms with Crippen LogP contribution in [-0.2, 0) is 7.05 Å². The highest BCUT2D eigenvalue weighted by molar-refractivity contribution is 5.86. The topological polar surface area (TPSA) is 114 Å². The summed E-state index contributed by atoms with van der Waals surface area (Å²) < 4.78 is 3.48. The minimum atomic E-state index is 0. The highest BCUT2D eigenvalue weighted by Gasteiger charge is 2.53. The number of rotatable bonds is 3. The molecular formula is C21H20ClN9. The second kappa shape index (κ2) is 7.04. The third-order valence-corrected chi connectivity index (χ3v) is 6.27. The Morgan fingerprint density at radius 3 is 2.48 bits per heavy atom. The number of nitriles is 1. The predicted molar refractivity (Wildman–Crippen MR) is 118 cm³/mol. The van der Waals surface area contributed by atoms with E-state index in [1.165, 1.54) is 0 Å². The summed E-state index contributed by atoms with van der Waals surface area (Å²) in [5.41, 5.74) is 10.7. The van der Waals surface area contributed by atoms with E-state index >= 15 is 0 Å². The Bertz CT molecular complexity index is 1310. The number of fused-ring (bicyclic) bond motifs is 2. The van der Waals surface area contributed by atoms with E-state index in [0.717, 1.165) is 41.1 Å². The van der Waals surface area contributed by atoms with Crippen LogP contribution in [0, 0.1) is 23.2 Å². The van der Waals surface area contributed by atoms with E-state index in [0.29, 0.717) is 29.1 Å². The van der Waals surface area contributed by atoms with Gasteiger partial charge < -0.3 is 10.6 Å². The van der Waals surface area contributed by atoms with Crippen molar-refractivity contribution in [3.8, 4) is 28.5 Å². The molecule has 2 atom stereocenters. The predicted octanol–water partition coefficient (Wildman–Crippen LogP) is 1.88. The van der Waals surface area contributed by atoms with Crippen LogP contribution >= 0.6 is 12.4 Å². The lowest BCUT2D eigenvalue weighted by molar-refractivity contribution is 0.734. The van der Waals surface area contributed by atoms with Crippen LogP contribution < -0.4 is 10.6 Å². The number of hydrogen-bond acceptors (Lipinski definition) is 7. The van der Waals surface area contributed by atoms with Gasteiger partial charge >= 0.3 is 0 Å². The first-order valence-electron chi connectivity index (χ1n) is 9.86. The first kappa shape index (κ1) is 19.5. The van der Waals surface area contributed by atoms with Gasteiger partial charge in [0.1, 0.15) is 11.9 Å². The Morgan fingerprint density at radius 2 is 1.84 bits per heavy atom. The summed E-state index contributed by atoms with van der Waals surface area (Å²) in [6.07, 6.45) is 10.8. The van der Waals surface area contributed by atoms with Gasteiger partial charge in [-0.2, -0.15) is 15.5 Å². The van der Waals surface area contributed by atoms with Gasteiger partial charge in [0.15, 0.2) is 0 Å². The molecule has 2 aliphatic rings. The van der Waals surface area contributed by atoms with Crippen molar-refractivity contribution in [3.63, 3.8) is 0 Å². The molecule has 0 radical (unpaired) electrons. The van der Waals surface area contributed by atoms with Gasteiger partial charge in [-0.1, -0.05) is 0 Å². The molecule has 5 heterocycles. The molecule has 31 heavy (non-hydrogen) atoms. The van der Waals surface area contributed by atoms with Crippen LogP contribution in [0.4, 0.5) is 5.82 Å². The highest BCUT2D eigenvalue weighted by atomic mass is 35.5. The van der Waals surface area contributed by atoms with Crippen molar-refractivity contribution in [2.24, 2.45) is 24.6 Å². The van der Waals surface area contributed by atoms with Crippen LogP contribution in [0.25, 0.3) is 27.9 Å². The van der Waals surface area contributed by atoms with E-state index in [1.54, 1.807) is 34.0 Å². The molecule has 0 spiro atoms. The van der Waals surface area contributed by atoms with Gasteiger partial charge in [-0.25, -0.2) is 9.50 Å². The van der Waals surface area contributed by atoms with Crippen molar-refractivity contribution in [2.75, 3.05) is 18.0 Å². The quantitative estimate of drug-likeness (QED) is 0.524. The van der Waals surface area contributed by atoms with Gasteiger partial charge in [0.25, 0.3) is 0 Å². The monoisotopic (exact) mass is 433 g/mol. The van der Waals surface area contributed by atoms with Gasteiger partial charge in [-0.05, 0) is 17.9 Å². The van der Waals surface area contributed by atoms with Crippen LogP contribution in [0.3, 0.4) is 0 Å². The molecule has 1 aliphatic carbocycles. The maximum Gasteiger partial charge on any atom is 0.147 e. The van der Waals surface area contributed by atoms with Crippen LogP contribution in [0.2, 0.25) is 0 Å². The first-order chi connectivity index (χ1) is 14.6. The molecule has 1 saturated carbocycles. The van der Waals surface area contributed by atoms with Crippen LogP contribution in [0.1, 0.15) is 5.56 Å². The van der Waals surface area contributed by atoms with Gasteiger partial charge in [0.05, 0.1) is 41.6 Å². The maximum atomic E-state index is 9.55. The molecule has 0 amide bonds. The number of halogens is 1. The normalized spacial score (nSPS) is 21.6. The highest BCUT2D eigenvalue weighted by Crippen LogP contribution is 2.44. The Hall–Kier alpha value is -3.48. The van der Waals surface area contributed by atoms with Gasteiger partial charge in [-0.3, -0.25) is 9.67 Å². The zero-order chi connectivity index (χ0) is 20.4. The number of pyridine rings is 1. The van der Waals surface area contributed by atoms with Gasteiger partial charge in [0, 0.05) is 55.3 Å². The van der Waals surface area contributed by atoms with Crippen molar-refractivity contribution in [3.05, 3.63) is 48.8 Å². The average molecular weight is 434 g/mol. The Kier molecular flexibility index (Phi) is 4.43. The molecule has 0 bridgehead atoms. The van der Waals surface area contributed by atoms with Crippen molar-refractivity contribution >= 4 is 23.7 Å². The van der Waals surface area contributed by atoms with Crippen molar-refractivity contribution in [1.82, 2.24) is 29.4 Å². The number of aryl methyl sites for hydroxylation is 1. The summed E-state index contributed by atoms with van der Waals surface area (Å²) in [5.74, 6) is 2.05. The first-order valence-corrected chi connectivity index (χ1v) is 9.86. The number of anilines is 1. The average Bonchev–Trinajstić information content (AvgIpc) is 3.26. The zero-order valence-electron chi connectivity index (χ0n) is 16.8. The fourth-order valence-corrected chi connectivity index (χ4v) is 4.51. The van der Waals surface area contributed by atoms with E-state index < -0.39 is 0 Å². The Morgan fingerprint density at radius 1 is 1.03 bits per heavy atom. The molecule has 2 N–H and O–H groups in total. The SMILES string of the molecule is Cl.Cn1cc(-c2cc(-c3cnc(N4CC5C(N)C5C4)cn3)c3c(C#N)cnn3c2)cn1. The van der Waals surface area contributed by atoms with Crippen molar-refractivity contribution < 1.29 is 0 Å². The van der Waals surface area contributed by atoms with E-state index in [-0.39, 0.29) is 12.4 Å². The Labute approximate surface area is 184 Å². The van der Waals surface area contributed by atoms with Crippen LogP contribution in [0.15, 0.2) is 43.2 Å². The number of nitrogens with zero attached hydrogens (tertiary/aromatic N) is 8. The molecule has 0 aromatic carbocycles. The second-order valence-electron chi connectivity index (χ2n) is 8.08. The smallest absolute Gasteiger partial charge is 0.147 e. The van der Waals surface area contributed by atoms with Gasteiger partial charge in [0.2, 0.25) is 0 Å². The number of nitrogens with two attached hydrogens (primary N) is 1. The molecule has 4 aromatic rings. The molecule has 156 valence electrons. The van der Waals surface area contributed by atoms with Crippen molar-refractivity contribution in [2.45, 2.75) is 6.04 Å². The molecule has 6 rings (SSSR count). The maximum absolute atomic E-state index is 9.55. The van der Waals surface area contributed by atoms with Crippen molar-refractivity contribution in [1.29, 1.82) is 5.26 Å². The minimum absolute atomic E-state index is 0. The molecule has 4 aromatic heterocycles. The lowest BCUT2D eigenvalue weighted by atomic mass is 10.0. The fourth-order valence-electron chi connectivity index (χ4n) is 4.51. The summed E-state index contributed by atoms with van der Waals surface area (Å²) in [5, 5.41) is 18.2. The van der Waals surface area contributed by atoms with E-state index in [2.05, 4.69) is 26.2 Å². The summed E-state index contributed by atoms with van der Waals surface area (Å²) in [6, 6.07) is 4.59. The number of hydrogen-bond donors (Lipinski definition) is 1. The summed E-state index contributed by atoms with van der Waals surface area (Å²) in [4.78, 5) is 11.6. The number of aromatic nitrogens is 6. The largest absolute Gasteiger partial charge is 0.355 e. The molecule has 1 aliphatic heterocycles. The van der Waals surface area contributed by atoms with E-state index in [9.17, 15) is 5.26 Å². The molecule has 10 heteroatoms. The zero-order valence-corrected chi connectivity index (χ0v) is 17.6. The molecule has 9 nitrogen and oxygen atoms in total. The third kappa shape index (κ3) is 3.03. The lowest BCUT2D eigenvalue weighted by Crippen LogP contribution is -2.28. The van der Waals surface area contributed by atoms with Gasteiger partial charge in [-0.15, -0.1) is 12.4 Å². The summed E-state index contributed by atoms with van der Waals surface area (Å²) in [6.45, 7) is 1.89. The molecular weight excluding hydrogens is 414 g/mol. The third-order valence-electron chi connectivity index (χ3n) is 6.27. The minimum Gasteiger partial charge on any atom is -0.355 e. The Balaban J connectivity index is 0.00000204. The summed E-state index contributed by atoms with van der Waals surface area (Å²) >= 11 is 0. The standard InChI is InChI=1S/C21H19N9.ClH/c1-28-8-14(5-26-28)12-2-15(21-13(3-22)4-27-30(21)9-12)18-6-25-19(7-24-18)29-10-16-17(11-29)20(16)23;/h2,4-9,16-17,20H,10-11,23H2,1H3;1H. The fraction of sp³-hybridized carbons (Fsp3) is 0.286. The second-order valence-corrected chi connectivity index (χ2v) is 8.08. The van der Waals surface area contributed by atoms with Crippen LogP contribution in [0.5, 0.6) is 0 Å². The summed E-state index contributed by atoms with van der Waals surface area (Å²) in [7, 11) is 1.88. The molecule has 1 saturated heterocycles. The molecule has 2 fully saturated rings. The molecule has 2 unspecified atom stereocenters. The number of piperidine rings is 1. The van der Waals surface area contributed by atoms with E-state index in [1.807, 2.05) is 25.5 Å². The van der Waals surface area contributed by atoms with Crippen LogP contribution in [-0.4, -0.2) is 48.5 Å². The van der Waals surface area contributed by atoms with E-state index in [4.69, 9.17) is 10.7 Å². The lowest BCUT2D eigenvalue weighted by Gasteiger charge is -2.19.